The zero-order chi connectivity index (χ0) is 14.3. The standard InChI is InChI=1S/C16H26N4O/c1-2-8-20(9-3-1)16-11-15(18-13-19-16)17-7-6-14-5-4-10-21-12-14/h11,13-14H,1-10,12H2,(H,17,18,19)/t14-/m1/s1. The van der Waals surface area contributed by atoms with Crippen LogP contribution in [0.3, 0.4) is 0 Å². The second-order valence-electron chi connectivity index (χ2n) is 6.11. The summed E-state index contributed by atoms with van der Waals surface area (Å²) in [5.74, 6) is 2.71. The molecule has 21 heavy (non-hydrogen) atoms. The van der Waals surface area contributed by atoms with Gasteiger partial charge < -0.3 is 15.0 Å². The molecule has 3 rings (SSSR count). The van der Waals surface area contributed by atoms with Crippen molar-refractivity contribution in [2.75, 3.05) is 43.1 Å². The molecule has 2 saturated heterocycles. The van der Waals surface area contributed by atoms with Crippen molar-refractivity contribution in [1.82, 2.24) is 9.97 Å². The first kappa shape index (κ1) is 14.6. The van der Waals surface area contributed by atoms with Crippen LogP contribution in [0, 0.1) is 5.92 Å². The summed E-state index contributed by atoms with van der Waals surface area (Å²) < 4.78 is 5.52. The fraction of sp³-hybridized carbons (Fsp3) is 0.750. The third kappa shape index (κ3) is 4.30. The van der Waals surface area contributed by atoms with Gasteiger partial charge in [-0.15, -0.1) is 0 Å². The fourth-order valence-corrected chi connectivity index (χ4v) is 3.18. The van der Waals surface area contributed by atoms with Crippen molar-refractivity contribution in [3.8, 4) is 0 Å². The van der Waals surface area contributed by atoms with E-state index in [0.29, 0.717) is 5.92 Å². The van der Waals surface area contributed by atoms with E-state index in [4.69, 9.17) is 4.74 Å². The molecule has 1 aromatic rings. The van der Waals surface area contributed by atoms with E-state index in [0.717, 1.165) is 50.9 Å². The van der Waals surface area contributed by atoms with Gasteiger partial charge in [-0.25, -0.2) is 9.97 Å². The largest absolute Gasteiger partial charge is 0.381 e. The lowest BCUT2D eigenvalue weighted by molar-refractivity contribution is 0.0530. The van der Waals surface area contributed by atoms with Gasteiger partial charge in [0.25, 0.3) is 0 Å². The smallest absolute Gasteiger partial charge is 0.134 e. The fourth-order valence-electron chi connectivity index (χ4n) is 3.18. The summed E-state index contributed by atoms with van der Waals surface area (Å²) in [6.45, 7) is 5.07. The van der Waals surface area contributed by atoms with Gasteiger partial charge in [-0.1, -0.05) is 0 Å². The number of aromatic nitrogens is 2. The molecule has 0 unspecified atom stereocenters. The molecule has 2 aliphatic rings. The highest BCUT2D eigenvalue weighted by Gasteiger charge is 2.14. The van der Waals surface area contributed by atoms with Crippen LogP contribution in [-0.4, -0.2) is 42.8 Å². The number of anilines is 2. The van der Waals surface area contributed by atoms with E-state index < -0.39 is 0 Å². The monoisotopic (exact) mass is 290 g/mol. The molecule has 0 spiro atoms. The van der Waals surface area contributed by atoms with E-state index in [1.807, 2.05) is 0 Å². The summed E-state index contributed by atoms with van der Waals surface area (Å²) in [4.78, 5) is 11.1. The van der Waals surface area contributed by atoms with Crippen molar-refractivity contribution in [3.63, 3.8) is 0 Å². The van der Waals surface area contributed by atoms with E-state index in [1.165, 1.54) is 32.1 Å². The predicted molar refractivity (Wildman–Crippen MR) is 84.7 cm³/mol. The average molecular weight is 290 g/mol. The van der Waals surface area contributed by atoms with Crippen LogP contribution in [0.5, 0.6) is 0 Å². The minimum atomic E-state index is 0.703. The Morgan fingerprint density at radius 1 is 1.19 bits per heavy atom. The molecular formula is C16H26N4O. The molecule has 5 heteroatoms. The number of rotatable bonds is 5. The number of nitrogens with one attached hydrogen (secondary N) is 1. The summed E-state index contributed by atoms with van der Waals surface area (Å²) in [6.07, 6.45) is 9.22. The maximum atomic E-state index is 5.52. The van der Waals surface area contributed by atoms with Gasteiger partial charge >= 0.3 is 0 Å². The van der Waals surface area contributed by atoms with Crippen molar-refractivity contribution in [1.29, 1.82) is 0 Å². The van der Waals surface area contributed by atoms with Crippen molar-refractivity contribution >= 4 is 11.6 Å². The van der Waals surface area contributed by atoms with Crippen LogP contribution in [0.2, 0.25) is 0 Å². The SMILES string of the molecule is c1nc(NCC[C@H]2CCCOC2)cc(N2CCCCC2)n1. The number of hydrogen-bond donors (Lipinski definition) is 1. The van der Waals surface area contributed by atoms with Crippen molar-refractivity contribution in [2.24, 2.45) is 5.92 Å². The van der Waals surface area contributed by atoms with Gasteiger partial charge in [-0.05, 0) is 44.4 Å². The highest BCUT2D eigenvalue weighted by molar-refractivity contribution is 5.48. The Hall–Kier alpha value is -1.36. The summed E-state index contributed by atoms with van der Waals surface area (Å²) in [5, 5.41) is 3.44. The van der Waals surface area contributed by atoms with Crippen LogP contribution in [0.15, 0.2) is 12.4 Å². The Balaban J connectivity index is 1.48. The van der Waals surface area contributed by atoms with Gasteiger partial charge in [0.15, 0.2) is 0 Å². The molecule has 0 radical (unpaired) electrons. The zero-order valence-electron chi connectivity index (χ0n) is 12.8. The lowest BCUT2D eigenvalue weighted by Crippen LogP contribution is -2.30. The molecule has 0 saturated carbocycles. The van der Waals surface area contributed by atoms with E-state index in [2.05, 4.69) is 26.3 Å². The Morgan fingerprint density at radius 3 is 2.90 bits per heavy atom. The number of ether oxygens (including phenoxy) is 1. The number of nitrogens with zero attached hydrogens (tertiary/aromatic N) is 3. The Morgan fingerprint density at radius 2 is 2.10 bits per heavy atom. The van der Waals surface area contributed by atoms with Gasteiger partial charge in [-0.2, -0.15) is 0 Å². The average Bonchev–Trinajstić information content (AvgIpc) is 2.57. The molecule has 0 aliphatic carbocycles. The first-order chi connectivity index (χ1) is 10.4. The lowest BCUT2D eigenvalue weighted by atomic mass is 9.99. The highest BCUT2D eigenvalue weighted by Crippen LogP contribution is 2.20. The summed E-state index contributed by atoms with van der Waals surface area (Å²) >= 11 is 0. The lowest BCUT2D eigenvalue weighted by Gasteiger charge is -2.27. The Bertz CT molecular complexity index is 428. The van der Waals surface area contributed by atoms with Crippen LogP contribution >= 0.6 is 0 Å². The van der Waals surface area contributed by atoms with E-state index in [9.17, 15) is 0 Å². The molecule has 2 aliphatic heterocycles. The normalized spacial score (nSPS) is 23.0. The van der Waals surface area contributed by atoms with Crippen LogP contribution < -0.4 is 10.2 Å². The highest BCUT2D eigenvalue weighted by atomic mass is 16.5. The first-order valence-corrected chi connectivity index (χ1v) is 8.30. The van der Waals surface area contributed by atoms with Crippen molar-refractivity contribution in [3.05, 3.63) is 12.4 Å². The molecular weight excluding hydrogens is 264 g/mol. The van der Waals surface area contributed by atoms with E-state index >= 15 is 0 Å². The summed E-state index contributed by atoms with van der Waals surface area (Å²) in [6, 6.07) is 2.09. The van der Waals surface area contributed by atoms with Crippen LogP contribution in [0.1, 0.15) is 38.5 Å². The predicted octanol–water partition coefficient (Wildman–Crippen LogP) is 2.70. The van der Waals surface area contributed by atoms with Gasteiger partial charge in [-0.3, -0.25) is 0 Å². The molecule has 0 amide bonds. The summed E-state index contributed by atoms with van der Waals surface area (Å²) in [5.41, 5.74) is 0. The maximum Gasteiger partial charge on any atom is 0.134 e. The van der Waals surface area contributed by atoms with Gasteiger partial charge in [0.05, 0.1) is 0 Å². The van der Waals surface area contributed by atoms with Crippen LogP contribution in [-0.2, 0) is 4.74 Å². The second kappa shape index (κ2) is 7.59. The molecule has 1 atom stereocenters. The third-order valence-electron chi connectivity index (χ3n) is 4.45. The molecule has 2 fully saturated rings. The van der Waals surface area contributed by atoms with Crippen molar-refractivity contribution < 1.29 is 4.74 Å². The van der Waals surface area contributed by atoms with Crippen LogP contribution in [0.25, 0.3) is 0 Å². The maximum absolute atomic E-state index is 5.52. The van der Waals surface area contributed by atoms with E-state index in [1.54, 1.807) is 6.33 Å². The van der Waals surface area contributed by atoms with Crippen LogP contribution in [0.4, 0.5) is 11.6 Å². The van der Waals surface area contributed by atoms with Gasteiger partial charge in [0.2, 0.25) is 0 Å². The molecule has 0 bridgehead atoms. The molecule has 1 N–H and O–H groups in total. The second-order valence-corrected chi connectivity index (χ2v) is 6.11. The minimum Gasteiger partial charge on any atom is -0.381 e. The summed E-state index contributed by atoms with van der Waals surface area (Å²) in [7, 11) is 0. The zero-order valence-corrected chi connectivity index (χ0v) is 12.8. The van der Waals surface area contributed by atoms with E-state index in [-0.39, 0.29) is 0 Å². The Labute approximate surface area is 127 Å². The van der Waals surface area contributed by atoms with Gasteiger partial charge in [0.1, 0.15) is 18.0 Å². The molecule has 116 valence electrons. The molecule has 0 aromatic carbocycles. The third-order valence-corrected chi connectivity index (χ3v) is 4.45. The number of hydrogen-bond acceptors (Lipinski definition) is 5. The molecule has 3 heterocycles. The first-order valence-electron chi connectivity index (χ1n) is 8.30. The number of piperidine rings is 1. The minimum absolute atomic E-state index is 0.703. The topological polar surface area (TPSA) is 50.3 Å². The molecule has 1 aromatic heterocycles. The Kier molecular flexibility index (Phi) is 5.27. The van der Waals surface area contributed by atoms with Gasteiger partial charge in [0, 0.05) is 38.9 Å². The quantitative estimate of drug-likeness (QED) is 0.903. The van der Waals surface area contributed by atoms with Crippen molar-refractivity contribution in [2.45, 2.75) is 38.5 Å². The molecule has 5 nitrogen and oxygen atoms in total.